The second-order valence-electron chi connectivity index (χ2n) is 7.49. The molecule has 4 rings (SSSR count). The topological polar surface area (TPSA) is 80.4 Å². The van der Waals surface area contributed by atoms with Crippen LogP contribution >= 0.6 is 23.5 Å². The number of thioether (sulfide) groups is 2. The number of esters is 1. The second kappa shape index (κ2) is 10.8. The van der Waals surface area contributed by atoms with Gasteiger partial charge in [0.2, 0.25) is 0 Å². The molecule has 1 atom stereocenters. The van der Waals surface area contributed by atoms with Gasteiger partial charge in [0.25, 0.3) is 5.91 Å². The van der Waals surface area contributed by atoms with Crippen molar-refractivity contribution in [2.45, 2.75) is 23.5 Å². The smallest absolute Gasteiger partial charge is 0.328 e. The minimum absolute atomic E-state index is 0.173. The summed E-state index contributed by atoms with van der Waals surface area (Å²) in [5, 5.41) is 3.76. The van der Waals surface area contributed by atoms with Crippen LogP contribution in [-0.4, -0.2) is 48.1 Å². The number of carbonyl (C=O) groups excluding carboxylic acids is 2. The summed E-state index contributed by atoms with van der Waals surface area (Å²) >= 11 is 3.93. The molecule has 0 spiro atoms. The molecule has 1 saturated heterocycles. The Kier molecular flexibility index (Phi) is 7.65. The first-order valence-corrected chi connectivity index (χ1v) is 12.6. The van der Waals surface area contributed by atoms with Gasteiger partial charge in [-0.3, -0.25) is 4.79 Å². The van der Waals surface area contributed by atoms with Gasteiger partial charge < -0.3 is 19.8 Å². The highest BCUT2D eigenvalue weighted by molar-refractivity contribution is 8.16. The first-order valence-electron chi connectivity index (χ1n) is 10.5. The first kappa shape index (κ1) is 22.6. The van der Waals surface area contributed by atoms with Crippen molar-refractivity contribution < 1.29 is 19.1 Å². The SMILES string of the molecule is COC(=O)[C@@H](Cc1c[nH]c2ccccc12)NC(=O)COc1ccc(C2SCCCS2)cc1. The highest BCUT2D eigenvalue weighted by atomic mass is 32.2. The highest BCUT2D eigenvalue weighted by Crippen LogP contribution is 2.43. The zero-order valence-corrected chi connectivity index (χ0v) is 19.5. The Morgan fingerprint density at radius 2 is 1.88 bits per heavy atom. The number of aromatic nitrogens is 1. The van der Waals surface area contributed by atoms with Crippen LogP contribution in [0, 0.1) is 0 Å². The number of hydrogen-bond acceptors (Lipinski definition) is 6. The van der Waals surface area contributed by atoms with Crippen molar-refractivity contribution in [3.05, 3.63) is 65.9 Å². The predicted molar refractivity (Wildman–Crippen MR) is 130 cm³/mol. The standard InChI is InChI=1S/C24H26N2O4S2/c1-29-23(28)21(13-17-14-25-20-6-3-2-5-19(17)20)26-22(27)15-30-18-9-7-16(8-10-18)24-31-11-4-12-32-24/h2-3,5-10,14,21,24-25H,4,11-13,15H2,1H3,(H,26,27)/t21-/m1/s1. The minimum Gasteiger partial charge on any atom is -0.484 e. The first-order chi connectivity index (χ1) is 15.6. The Hall–Kier alpha value is -2.58. The molecule has 1 aliphatic heterocycles. The number of aromatic amines is 1. The summed E-state index contributed by atoms with van der Waals surface area (Å²) in [5.41, 5.74) is 3.18. The lowest BCUT2D eigenvalue weighted by Crippen LogP contribution is -2.44. The summed E-state index contributed by atoms with van der Waals surface area (Å²) in [5.74, 6) is 2.14. The van der Waals surface area contributed by atoms with Gasteiger partial charge in [0.15, 0.2) is 6.61 Å². The maximum absolute atomic E-state index is 12.5. The van der Waals surface area contributed by atoms with Gasteiger partial charge in [-0.15, -0.1) is 23.5 Å². The number of rotatable bonds is 8. The van der Waals surface area contributed by atoms with E-state index in [0.717, 1.165) is 16.5 Å². The van der Waals surface area contributed by atoms with Gasteiger partial charge in [0.1, 0.15) is 11.8 Å². The van der Waals surface area contributed by atoms with Crippen LogP contribution in [0.15, 0.2) is 54.7 Å². The highest BCUT2D eigenvalue weighted by Gasteiger charge is 2.23. The average Bonchev–Trinajstić information content (AvgIpc) is 3.25. The molecule has 8 heteroatoms. The van der Waals surface area contributed by atoms with Crippen LogP contribution in [0.4, 0.5) is 0 Å². The fourth-order valence-electron chi connectivity index (χ4n) is 3.64. The molecule has 0 unspecified atom stereocenters. The van der Waals surface area contributed by atoms with Crippen LogP contribution in [0.5, 0.6) is 5.75 Å². The molecule has 1 aromatic heterocycles. The molecular formula is C24H26N2O4S2. The third kappa shape index (κ3) is 5.61. The molecule has 0 radical (unpaired) electrons. The normalized spacial score (nSPS) is 15.3. The number of para-hydroxylation sites is 1. The largest absolute Gasteiger partial charge is 0.484 e. The van der Waals surface area contributed by atoms with E-state index in [2.05, 4.69) is 22.4 Å². The number of amides is 1. The van der Waals surface area contributed by atoms with E-state index < -0.39 is 12.0 Å². The molecule has 0 aliphatic carbocycles. The van der Waals surface area contributed by atoms with Crippen molar-refractivity contribution in [3.63, 3.8) is 0 Å². The molecule has 2 N–H and O–H groups in total. The Morgan fingerprint density at radius 1 is 1.12 bits per heavy atom. The molecule has 1 fully saturated rings. The van der Waals surface area contributed by atoms with E-state index in [1.807, 2.05) is 66.1 Å². The quantitative estimate of drug-likeness (QED) is 0.478. The van der Waals surface area contributed by atoms with Gasteiger partial charge in [-0.2, -0.15) is 0 Å². The molecule has 6 nitrogen and oxygen atoms in total. The zero-order chi connectivity index (χ0) is 22.3. The maximum Gasteiger partial charge on any atom is 0.328 e. The van der Waals surface area contributed by atoms with Gasteiger partial charge >= 0.3 is 5.97 Å². The fraction of sp³-hybridized carbons (Fsp3) is 0.333. The summed E-state index contributed by atoms with van der Waals surface area (Å²) in [6.07, 6.45) is 3.44. The number of nitrogens with one attached hydrogen (secondary N) is 2. The fourth-order valence-corrected chi connectivity index (χ4v) is 6.54. The van der Waals surface area contributed by atoms with Gasteiger partial charge in [-0.05, 0) is 47.3 Å². The number of hydrogen-bond donors (Lipinski definition) is 2. The molecule has 2 heterocycles. The van der Waals surface area contributed by atoms with Crippen LogP contribution in [0.2, 0.25) is 0 Å². The van der Waals surface area contributed by atoms with Crippen molar-refractivity contribution in [1.29, 1.82) is 0 Å². The minimum atomic E-state index is -0.793. The molecule has 168 valence electrons. The van der Waals surface area contributed by atoms with Crippen molar-refractivity contribution in [1.82, 2.24) is 10.3 Å². The molecule has 1 amide bonds. The van der Waals surface area contributed by atoms with E-state index in [0.29, 0.717) is 16.8 Å². The van der Waals surface area contributed by atoms with Crippen molar-refractivity contribution >= 4 is 46.3 Å². The van der Waals surface area contributed by atoms with Crippen LogP contribution in [0.1, 0.15) is 22.1 Å². The van der Waals surface area contributed by atoms with Crippen molar-refractivity contribution in [2.75, 3.05) is 25.2 Å². The zero-order valence-electron chi connectivity index (χ0n) is 17.8. The predicted octanol–water partition coefficient (Wildman–Crippen LogP) is 4.32. The number of ether oxygens (including phenoxy) is 2. The third-order valence-electron chi connectivity index (χ3n) is 5.27. The molecule has 3 aromatic rings. The molecule has 32 heavy (non-hydrogen) atoms. The summed E-state index contributed by atoms with van der Waals surface area (Å²) in [6.45, 7) is -0.173. The third-order valence-corrected chi connectivity index (χ3v) is 8.28. The summed E-state index contributed by atoms with van der Waals surface area (Å²) in [4.78, 5) is 28.0. The van der Waals surface area contributed by atoms with Gasteiger partial charge in [-0.25, -0.2) is 4.79 Å². The molecular weight excluding hydrogens is 444 g/mol. The van der Waals surface area contributed by atoms with E-state index in [1.165, 1.54) is 30.6 Å². The number of methoxy groups -OCH3 is 1. The Morgan fingerprint density at radius 3 is 2.62 bits per heavy atom. The number of fused-ring (bicyclic) bond motifs is 1. The Bertz CT molecular complexity index is 1060. The molecule has 0 saturated carbocycles. The monoisotopic (exact) mass is 470 g/mol. The van der Waals surface area contributed by atoms with Crippen LogP contribution in [0.3, 0.4) is 0 Å². The van der Waals surface area contributed by atoms with Crippen molar-refractivity contribution in [3.8, 4) is 5.75 Å². The molecule has 2 aromatic carbocycles. The summed E-state index contributed by atoms with van der Waals surface area (Å²) < 4.78 is 11.0. The molecule has 1 aliphatic rings. The summed E-state index contributed by atoms with van der Waals surface area (Å²) in [6, 6.07) is 14.9. The number of benzene rings is 2. The van der Waals surface area contributed by atoms with E-state index in [-0.39, 0.29) is 12.5 Å². The Balaban J connectivity index is 1.33. The van der Waals surface area contributed by atoms with Crippen LogP contribution < -0.4 is 10.1 Å². The average molecular weight is 471 g/mol. The Labute approximate surface area is 195 Å². The van der Waals surface area contributed by atoms with E-state index in [9.17, 15) is 9.59 Å². The lowest BCUT2D eigenvalue weighted by atomic mass is 10.0. The number of carbonyl (C=O) groups is 2. The van der Waals surface area contributed by atoms with Crippen LogP contribution in [-0.2, 0) is 20.7 Å². The number of H-pyrrole nitrogens is 1. The van der Waals surface area contributed by atoms with E-state index >= 15 is 0 Å². The van der Waals surface area contributed by atoms with E-state index in [4.69, 9.17) is 9.47 Å². The maximum atomic E-state index is 12.5. The van der Waals surface area contributed by atoms with Gasteiger partial charge in [0.05, 0.1) is 11.7 Å². The van der Waals surface area contributed by atoms with Gasteiger partial charge in [0, 0.05) is 23.5 Å². The second-order valence-corrected chi connectivity index (χ2v) is 10.2. The molecule has 0 bridgehead atoms. The van der Waals surface area contributed by atoms with Crippen molar-refractivity contribution in [2.24, 2.45) is 0 Å². The van der Waals surface area contributed by atoms with Crippen LogP contribution in [0.25, 0.3) is 10.9 Å². The lowest BCUT2D eigenvalue weighted by molar-refractivity contribution is -0.145. The lowest BCUT2D eigenvalue weighted by Gasteiger charge is -2.21. The van der Waals surface area contributed by atoms with E-state index in [1.54, 1.807) is 0 Å². The summed E-state index contributed by atoms with van der Waals surface area (Å²) in [7, 11) is 1.32. The van der Waals surface area contributed by atoms with Gasteiger partial charge in [-0.1, -0.05) is 30.3 Å².